The van der Waals surface area contributed by atoms with E-state index >= 15 is 0 Å². The van der Waals surface area contributed by atoms with Crippen LogP contribution in [0, 0.1) is 0 Å². The number of amides is 1. The van der Waals surface area contributed by atoms with Crippen LogP contribution in [0.2, 0.25) is 0 Å². The zero-order valence-electron chi connectivity index (χ0n) is 12.0. The Balaban J connectivity index is 0.00000220. The quantitative estimate of drug-likeness (QED) is 0.802. The monoisotopic (exact) mass is 314 g/mol. The topological polar surface area (TPSA) is 93.2 Å². The van der Waals surface area contributed by atoms with Gasteiger partial charge in [0, 0.05) is 25.4 Å². The number of nitrogens with zero attached hydrogens (tertiary/aromatic N) is 2. The Hall–Kier alpha value is -1.86. The maximum absolute atomic E-state index is 11.6. The van der Waals surface area contributed by atoms with E-state index in [0.29, 0.717) is 36.9 Å². The number of hydrogen-bond donors (Lipinski definition) is 2. The van der Waals surface area contributed by atoms with Gasteiger partial charge in [0.25, 0.3) is 0 Å². The Morgan fingerprint density at radius 3 is 2.95 bits per heavy atom. The van der Waals surface area contributed by atoms with Gasteiger partial charge >= 0.3 is 0 Å². The Kier molecular flexibility index (Phi) is 6.90. The molecule has 0 aliphatic heterocycles. The van der Waals surface area contributed by atoms with Crippen molar-refractivity contribution in [2.45, 2.75) is 25.8 Å². The minimum atomic E-state index is -0.0372. The maximum atomic E-state index is 11.6. The van der Waals surface area contributed by atoms with Gasteiger partial charge in [-0.3, -0.25) is 4.79 Å². The fraction of sp³-hybridized carbons (Fsp3) is 0.462. The molecular formula is C13H19ClN4O3. The van der Waals surface area contributed by atoms with Crippen LogP contribution in [-0.4, -0.2) is 35.7 Å². The molecule has 21 heavy (non-hydrogen) atoms. The smallest absolute Gasteiger partial charge is 0.238 e. The summed E-state index contributed by atoms with van der Waals surface area (Å²) in [4.78, 5) is 15.8. The maximum Gasteiger partial charge on any atom is 0.238 e. The molecule has 2 aromatic rings. The number of halogens is 1. The highest BCUT2D eigenvalue weighted by Crippen LogP contribution is 2.16. The lowest BCUT2D eigenvalue weighted by molar-refractivity contribution is -0.121. The van der Waals surface area contributed by atoms with Crippen LogP contribution in [0.15, 0.2) is 27.3 Å². The van der Waals surface area contributed by atoms with E-state index in [-0.39, 0.29) is 24.4 Å². The Morgan fingerprint density at radius 2 is 2.29 bits per heavy atom. The second-order valence-electron chi connectivity index (χ2n) is 4.48. The number of furan rings is 1. The summed E-state index contributed by atoms with van der Waals surface area (Å²) in [7, 11) is 1.85. The molecule has 8 heteroatoms. The molecule has 2 N–H and O–H groups in total. The molecule has 1 unspecified atom stereocenters. The Morgan fingerprint density at radius 1 is 1.48 bits per heavy atom. The molecule has 116 valence electrons. The van der Waals surface area contributed by atoms with E-state index in [1.54, 1.807) is 18.4 Å². The van der Waals surface area contributed by atoms with Gasteiger partial charge in [0.05, 0.1) is 6.26 Å². The number of carbonyl (C=O) groups is 1. The van der Waals surface area contributed by atoms with E-state index in [1.165, 1.54) is 0 Å². The lowest BCUT2D eigenvalue weighted by Gasteiger charge is -2.10. The molecule has 1 atom stereocenters. The molecule has 0 saturated carbocycles. The van der Waals surface area contributed by atoms with Crippen molar-refractivity contribution in [1.29, 1.82) is 0 Å². The molecule has 0 fully saturated rings. The second-order valence-corrected chi connectivity index (χ2v) is 4.48. The van der Waals surface area contributed by atoms with Gasteiger partial charge < -0.3 is 19.6 Å². The normalized spacial score (nSPS) is 11.7. The zero-order chi connectivity index (χ0) is 14.4. The molecule has 0 aliphatic rings. The van der Waals surface area contributed by atoms with Crippen molar-refractivity contribution in [3.05, 3.63) is 24.3 Å². The highest BCUT2D eigenvalue weighted by molar-refractivity contribution is 5.85. The van der Waals surface area contributed by atoms with E-state index in [1.807, 2.05) is 14.0 Å². The summed E-state index contributed by atoms with van der Waals surface area (Å²) >= 11 is 0. The molecular weight excluding hydrogens is 296 g/mol. The van der Waals surface area contributed by atoms with Crippen molar-refractivity contribution in [3.8, 4) is 11.6 Å². The van der Waals surface area contributed by atoms with Crippen molar-refractivity contribution < 1.29 is 13.7 Å². The van der Waals surface area contributed by atoms with Crippen LogP contribution in [-0.2, 0) is 11.2 Å². The predicted molar refractivity (Wildman–Crippen MR) is 79.1 cm³/mol. The van der Waals surface area contributed by atoms with Crippen LogP contribution in [0.1, 0.15) is 19.2 Å². The van der Waals surface area contributed by atoms with Crippen LogP contribution in [0.4, 0.5) is 0 Å². The third-order valence-electron chi connectivity index (χ3n) is 2.87. The molecule has 0 aromatic carbocycles. The number of hydrogen-bond acceptors (Lipinski definition) is 6. The van der Waals surface area contributed by atoms with E-state index in [2.05, 4.69) is 20.8 Å². The van der Waals surface area contributed by atoms with E-state index in [0.717, 1.165) is 0 Å². The van der Waals surface area contributed by atoms with E-state index in [9.17, 15) is 4.79 Å². The average molecular weight is 315 g/mol. The molecule has 0 spiro atoms. The largest absolute Gasteiger partial charge is 0.461 e. The molecule has 2 aromatic heterocycles. The molecule has 2 heterocycles. The highest BCUT2D eigenvalue weighted by atomic mass is 35.5. The molecule has 2 rings (SSSR count). The van der Waals surface area contributed by atoms with Gasteiger partial charge in [0.1, 0.15) is 0 Å². The van der Waals surface area contributed by atoms with Crippen molar-refractivity contribution in [2.75, 3.05) is 13.6 Å². The fourth-order valence-electron chi connectivity index (χ4n) is 1.54. The highest BCUT2D eigenvalue weighted by Gasteiger charge is 2.12. The first-order valence-electron chi connectivity index (χ1n) is 6.49. The summed E-state index contributed by atoms with van der Waals surface area (Å²) in [5.41, 5.74) is 0. The van der Waals surface area contributed by atoms with Crippen LogP contribution in [0.5, 0.6) is 0 Å². The second kappa shape index (κ2) is 8.43. The van der Waals surface area contributed by atoms with Crippen LogP contribution >= 0.6 is 12.4 Å². The minimum Gasteiger partial charge on any atom is -0.461 e. The molecule has 0 bridgehead atoms. The number of carbonyl (C=O) groups excluding carboxylic acids is 1. The molecule has 0 radical (unpaired) electrons. The van der Waals surface area contributed by atoms with Crippen molar-refractivity contribution in [2.24, 2.45) is 0 Å². The fourth-order valence-corrected chi connectivity index (χ4v) is 1.54. The summed E-state index contributed by atoms with van der Waals surface area (Å²) in [5.74, 6) is 1.33. The van der Waals surface area contributed by atoms with Gasteiger partial charge in [-0.25, -0.2) is 0 Å². The summed E-state index contributed by atoms with van der Waals surface area (Å²) in [6.07, 6.45) is 2.27. The number of nitrogens with one attached hydrogen (secondary N) is 2. The third-order valence-corrected chi connectivity index (χ3v) is 2.87. The molecule has 0 saturated heterocycles. The number of rotatable bonds is 7. The van der Waals surface area contributed by atoms with E-state index < -0.39 is 0 Å². The average Bonchev–Trinajstić information content (AvgIpc) is 3.12. The molecule has 7 nitrogen and oxygen atoms in total. The first-order chi connectivity index (χ1) is 9.69. The molecule has 1 amide bonds. The van der Waals surface area contributed by atoms with Crippen molar-refractivity contribution in [3.63, 3.8) is 0 Å². The summed E-state index contributed by atoms with van der Waals surface area (Å²) < 4.78 is 10.2. The van der Waals surface area contributed by atoms with E-state index in [4.69, 9.17) is 8.94 Å². The predicted octanol–water partition coefficient (Wildman–Crippen LogP) is 1.41. The summed E-state index contributed by atoms with van der Waals surface area (Å²) in [6, 6.07) is 3.75. The van der Waals surface area contributed by atoms with Gasteiger partial charge in [-0.1, -0.05) is 5.16 Å². The lowest BCUT2D eigenvalue weighted by Crippen LogP contribution is -2.37. The SMILES string of the molecule is CNC(C)CNC(=O)CCc1nc(-c2ccco2)no1.Cl. The standard InChI is InChI=1S/C13H18N4O3.ClH/c1-9(14-2)8-15-11(18)5-6-12-16-13(17-20-12)10-4-3-7-19-10;/h3-4,7,9,14H,5-6,8H2,1-2H3,(H,15,18);1H. The van der Waals surface area contributed by atoms with Crippen molar-refractivity contribution >= 4 is 18.3 Å². The van der Waals surface area contributed by atoms with Crippen molar-refractivity contribution in [1.82, 2.24) is 20.8 Å². The number of likely N-dealkylation sites (N-methyl/N-ethyl adjacent to an activating group) is 1. The van der Waals surface area contributed by atoms with Crippen LogP contribution < -0.4 is 10.6 Å². The minimum absolute atomic E-state index is 0. The number of aromatic nitrogens is 2. The first kappa shape index (κ1) is 17.2. The lowest BCUT2D eigenvalue weighted by atomic mass is 10.2. The Labute approximate surface area is 128 Å². The summed E-state index contributed by atoms with van der Waals surface area (Å²) in [5, 5.41) is 9.68. The van der Waals surface area contributed by atoms with Gasteiger partial charge in [0.15, 0.2) is 5.76 Å². The van der Waals surface area contributed by atoms with Crippen LogP contribution in [0.25, 0.3) is 11.6 Å². The summed E-state index contributed by atoms with van der Waals surface area (Å²) in [6.45, 7) is 2.59. The van der Waals surface area contributed by atoms with Gasteiger partial charge in [-0.2, -0.15) is 4.98 Å². The van der Waals surface area contributed by atoms with Gasteiger partial charge in [-0.15, -0.1) is 12.4 Å². The van der Waals surface area contributed by atoms with Gasteiger partial charge in [-0.05, 0) is 26.1 Å². The third kappa shape index (κ3) is 5.20. The van der Waals surface area contributed by atoms with Crippen LogP contribution in [0.3, 0.4) is 0 Å². The Bertz CT molecular complexity index is 541. The zero-order valence-corrected chi connectivity index (χ0v) is 12.8. The molecule has 0 aliphatic carbocycles. The van der Waals surface area contributed by atoms with Gasteiger partial charge in [0.2, 0.25) is 17.6 Å². The first-order valence-corrected chi connectivity index (χ1v) is 6.49. The number of aryl methyl sites for hydroxylation is 1.